The molecule has 130 valence electrons. The number of hydrogen-bond donors (Lipinski definition) is 1. The van der Waals surface area contributed by atoms with E-state index in [2.05, 4.69) is 21.4 Å². The summed E-state index contributed by atoms with van der Waals surface area (Å²) in [5.74, 6) is -0.136. The quantitative estimate of drug-likeness (QED) is 0.633. The van der Waals surface area contributed by atoms with Crippen molar-refractivity contribution in [3.63, 3.8) is 0 Å². The molecule has 3 rings (SSSR count). The predicted octanol–water partition coefficient (Wildman–Crippen LogP) is 4.59. The number of thioether (sulfide) groups is 1. The zero-order valence-corrected chi connectivity index (χ0v) is 15.7. The number of carbonyl (C=O) groups is 1. The molecule has 0 saturated carbocycles. The van der Waals surface area contributed by atoms with Gasteiger partial charge in [-0.25, -0.2) is 9.97 Å². The van der Waals surface area contributed by atoms with E-state index in [1.54, 1.807) is 12.3 Å². The van der Waals surface area contributed by atoms with Crippen molar-refractivity contribution in [2.75, 3.05) is 5.32 Å². The van der Waals surface area contributed by atoms with Gasteiger partial charge in [-0.05, 0) is 18.6 Å². The summed E-state index contributed by atoms with van der Waals surface area (Å²) in [6.07, 6.45) is 2.26. The van der Waals surface area contributed by atoms with Crippen molar-refractivity contribution in [2.45, 2.75) is 23.6 Å². The number of nitrogens with zero attached hydrogens (tertiary/aromatic N) is 3. The predicted molar refractivity (Wildman–Crippen MR) is 105 cm³/mol. The summed E-state index contributed by atoms with van der Waals surface area (Å²) in [5.41, 5.74) is 2.22. The summed E-state index contributed by atoms with van der Waals surface area (Å²) in [6.45, 7) is 1.94. The molecule has 0 aliphatic rings. The molecular weight excluding hydrogens is 364 g/mol. The van der Waals surface area contributed by atoms with Crippen LogP contribution in [0.1, 0.15) is 18.9 Å². The van der Waals surface area contributed by atoms with Crippen LogP contribution in [-0.4, -0.2) is 21.1 Å². The topological polar surface area (TPSA) is 78.7 Å². The first-order valence-corrected chi connectivity index (χ1v) is 9.80. The van der Waals surface area contributed by atoms with Crippen LogP contribution < -0.4 is 5.32 Å². The van der Waals surface area contributed by atoms with Crippen LogP contribution in [0.4, 0.5) is 5.13 Å². The third-order valence-electron chi connectivity index (χ3n) is 3.63. The molecule has 2 heterocycles. The number of benzene rings is 1. The van der Waals surface area contributed by atoms with E-state index in [-0.39, 0.29) is 11.2 Å². The molecule has 1 atom stereocenters. The minimum atomic E-state index is -0.357. The number of pyridine rings is 1. The maximum Gasteiger partial charge on any atom is 0.239 e. The van der Waals surface area contributed by atoms with Gasteiger partial charge in [0.15, 0.2) is 5.13 Å². The first-order chi connectivity index (χ1) is 12.7. The minimum Gasteiger partial charge on any atom is -0.301 e. The Hall–Kier alpha value is -2.69. The summed E-state index contributed by atoms with van der Waals surface area (Å²) in [5, 5.41) is 14.8. The van der Waals surface area contributed by atoms with E-state index in [4.69, 9.17) is 0 Å². The summed E-state index contributed by atoms with van der Waals surface area (Å²) in [4.78, 5) is 21.2. The molecule has 0 aliphatic carbocycles. The van der Waals surface area contributed by atoms with Gasteiger partial charge in [-0.15, -0.1) is 11.3 Å². The molecule has 1 amide bonds. The second-order valence-corrected chi connectivity index (χ2v) is 7.45. The van der Waals surface area contributed by atoms with E-state index in [1.165, 1.54) is 23.1 Å². The fourth-order valence-corrected chi connectivity index (χ4v) is 3.84. The monoisotopic (exact) mass is 380 g/mol. The first-order valence-electron chi connectivity index (χ1n) is 8.05. The Bertz CT molecular complexity index is 920. The maximum absolute atomic E-state index is 12.5. The molecule has 0 fully saturated rings. The molecule has 0 spiro atoms. The number of hydrogen-bond acceptors (Lipinski definition) is 6. The minimum absolute atomic E-state index is 0.136. The van der Waals surface area contributed by atoms with Gasteiger partial charge in [-0.1, -0.05) is 49.0 Å². The molecule has 1 unspecified atom stereocenters. The lowest BCUT2D eigenvalue weighted by molar-refractivity contribution is -0.115. The number of anilines is 1. The van der Waals surface area contributed by atoms with Gasteiger partial charge in [0.1, 0.15) is 11.1 Å². The molecule has 3 aromatic rings. The Balaban J connectivity index is 1.84. The highest BCUT2D eigenvalue weighted by Crippen LogP contribution is 2.30. The standard InChI is InChI=1S/C19H16N4OS2/c1-2-16(17(24)23-19-21-10-11-25-19)26-18-14(12-20)8-9-15(22-18)13-6-4-3-5-7-13/h3-11,16H,2H2,1H3,(H,21,23,24). The maximum atomic E-state index is 12.5. The van der Waals surface area contributed by atoms with Crippen LogP contribution in [0.3, 0.4) is 0 Å². The van der Waals surface area contributed by atoms with Gasteiger partial charge < -0.3 is 5.32 Å². The van der Waals surface area contributed by atoms with Crippen LogP contribution >= 0.6 is 23.1 Å². The van der Waals surface area contributed by atoms with Gasteiger partial charge in [-0.3, -0.25) is 4.79 Å². The van der Waals surface area contributed by atoms with Crippen molar-refractivity contribution in [1.29, 1.82) is 5.26 Å². The molecule has 1 N–H and O–H groups in total. The van der Waals surface area contributed by atoms with Crippen molar-refractivity contribution in [3.05, 3.63) is 59.6 Å². The molecule has 5 nitrogen and oxygen atoms in total. The van der Waals surface area contributed by atoms with Gasteiger partial charge >= 0.3 is 0 Å². The van der Waals surface area contributed by atoms with Crippen LogP contribution in [-0.2, 0) is 4.79 Å². The van der Waals surface area contributed by atoms with Crippen molar-refractivity contribution in [2.24, 2.45) is 0 Å². The molecule has 0 saturated heterocycles. The summed E-state index contributed by atoms with van der Waals surface area (Å²) in [7, 11) is 0. The Labute approximate surface area is 160 Å². The average molecular weight is 380 g/mol. The lowest BCUT2D eigenvalue weighted by Gasteiger charge is -2.14. The lowest BCUT2D eigenvalue weighted by Crippen LogP contribution is -2.24. The van der Waals surface area contributed by atoms with Crippen molar-refractivity contribution < 1.29 is 4.79 Å². The largest absolute Gasteiger partial charge is 0.301 e. The summed E-state index contributed by atoms with van der Waals surface area (Å²) < 4.78 is 0. The molecule has 26 heavy (non-hydrogen) atoms. The van der Waals surface area contributed by atoms with E-state index >= 15 is 0 Å². The molecule has 0 aliphatic heterocycles. The average Bonchev–Trinajstić information content (AvgIpc) is 3.19. The number of nitrogens with one attached hydrogen (secondary N) is 1. The third kappa shape index (κ3) is 4.28. The zero-order chi connectivity index (χ0) is 18.4. The normalized spacial score (nSPS) is 11.5. The number of thiazole rings is 1. The second kappa shape index (κ2) is 8.61. The zero-order valence-electron chi connectivity index (χ0n) is 14.0. The Morgan fingerprint density at radius 2 is 2.12 bits per heavy atom. The Morgan fingerprint density at radius 3 is 2.77 bits per heavy atom. The number of nitriles is 1. The second-order valence-electron chi connectivity index (χ2n) is 5.37. The van der Waals surface area contributed by atoms with Crippen molar-refractivity contribution >= 4 is 34.1 Å². The third-order valence-corrected chi connectivity index (χ3v) is 5.68. The van der Waals surface area contributed by atoms with Crippen LogP contribution in [0.25, 0.3) is 11.3 Å². The lowest BCUT2D eigenvalue weighted by atomic mass is 10.1. The number of amides is 1. The van der Waals surface area contributed by atoms with Crippen molar-refractivity contribution in [3.8, 4) is 17.3 Å². The highest BCUT2D eigenvalue weighted by atomic mass is 32.2. The highest BCUT2D eigenvalue weighted by molar-refractivity contribution is 8.00. The van der Waals surface area contributed by atoms with E-state index < -0.39 is 0 Å². The fourth-order valence-electron chi connectivity index (χ4n) is 2.31. The summed E-state index contributed by atoms with van der Waals surface area (Å²) in [6, 6.07) is 15.5. The first kappa shape index (κ1) is 18.1. The Morgan fingerprint density at radius 1 is 1.31 bits per heavy atom. The van der Waals surface area contributed by atoms with Gasteiger partial charge in [-0.2, -0.15) is 5.26 Å². The Kier molecular flexibility index (Phi) is 6.00. The number of aromatic nitrogens is 2. The molecule has 2 aromatic heterocycles. The van der Waals surface area contributed by atoms with Crippen LogP contribution in [0.15, 0.2) is 59.1 Å². The molecular formula is C19H16N4OS2. The molecule has 0 radical (unpaired) electrons. The van der Waals surface area contributed by atoms with E-state index in [9.17, 15) is 10.1 Å². The number of carbonyl (C=O) groups excluding carboxylic acids is 1. The van der Waals surface area contributed by atoms with Crippen LogP contribution in [0, 0.1) is 11.3 Å². The smallest absolute Gasteiger partial charge is 0.239 e. The van der Waals surface area contributed by atoms with Gasteiger partial charge in [0.25, 0.3) is 0 Å². The number of rotatable bonds is 6. The van der Waals surface area contributed by atoms with E-state index in [1.807, 2.05) is 48.7 Å². The molecule has 1 aromatic carbocycles. The van der Waals surface area contributed by atoms with E-state index in [0.717, 1.165) is 11.3 Å². The van der Waals surface area contributed by atoms with Gasteiger partial charge in [0.2, 0.25) is 5.91 Å². The van der Waals surface area contributed by atoms with Gasteiger partial charge in [0, 0.05) is 17.1 Å². The SMILES string of the molecule is CCC(Sc1nc(-c2ccccc2)ccc1C#N)C(=O)Nc1nccs1. The highest BCUT2D eigenvalue weighted by Gasteiger charge is 2.21. The molecule has 0 bridgehead atoms. The fraction of sp³-hybridized carbons (Fsp3) is 0.158. The van der Waals surface area contributed by atoms with Crippen molar-refractivity contribution in [1.82, 2.24) is 9.97 Å². The molecule has 7 heteroatoms. The van der Waals surface area contributed by atoms with Crippen LogP contribution in [0.5, 0.6) is 0 Å². The van der Waals surface area contributed by atoms with E-state index in [0.29, 0.717) is 22.1 Å². The summed E-state index contributed by atoms with van der Waals surface area (Å²) >= 11 is 2.68. The van der Waals surface area contributed by atoms with Crippen LogP contribution in [0.2, 0.25) is 0 Å². The van der Waals surface area contributed by atoms with Gasteiger partial charge in [0.05, 0.1) is 16.5 Å².